The summed E-state index contributed by atoms with van der Waals surface area (Å²) in [4.78, 5) is 14.5. The minimum atomic E-state index is -0.352. The molecule has 4 heteroatoms. The monoisotopic (exact) mass is 237 g/mol. The molecule has 0 bridgehead atoms. The maximum Gasteiger partial charge on any atom is 0.185 e. The van der Waals surface area contributed by atoms with Crippen LogP contribution in [0.5, 0.6) is 0 Å². The number of pyridine rings is 1. The molecule has 0 N–H and O–H groups in total. The van der Waals surface area contributed by atoms with E-state index in [2.05, 4.69) is 16.8 Å². The zero-order valence-electron chi connectivity index (χ0n) is 9.21. The maximum absolute atomic E-state index is 12.7. The molecular formula is C12H12FNOS. The van der Waals surface area contributed by atoms with Gasteiger partial charge in [-0.25, -0.2) is 9.37 Å². The molecule has 0 spiro atoms. The lowest BCUT2D eigenvalue weighted by atomic mass is 10.2. The van der Waals surface area contributed by atoms with Gasteiger partial charge in [-0.2, -0.15) is 0 Å². The number of thioether (sulfide) groups is 1. The van der Waals surface area contributed by atoms with Gasteiger partial charge in [0.2, 0.25) is 0 Å². The third-order valence-electron chi connectivity index (χ3n) is 1.78. The molecule has 0 aromatic carbocycles. The van der Waals surface area contributed by atoms with Crippen molar-refractivity contribution >= 4 is 16.9 Å². The molecule has 1 aromatic rings. The second-order valence-corrected chi connectivity index (χ2v) is 4.48. The fourth-order valence-corrected chi connectivity index (χ4v) is 1.55. The predicted molar refractivity (Wildman–Crippen MR) is 63.6 cm³/mol. The van der Waals surface area contributed by atoms with Gasteiger partial charge < -0.3 is 0 Å². The second-order valence-electron chi connectivity index (χ2n) is 3.21. The molecule has 0 saturated carbocycles. The Hall–Kier alpha value is -1.34. The largest absolute Gasteiger partial charge is 0.288 e. The van der Waals surface area contributed by atoms with Crippen molar-refractivity contribution in [1.82, 2.24) is 4.98 Å². The molecule has 0 atom stereocenters. The van der Waals surface area contributed by atoms with Gasteiger partial charge in [0, 0.05) is 19.1 Å². The van der Waals surface area contributed by atoms with Gasteiger partial charge in [-0.05, 0) is 24.5 Å². The van der Waals surface area contributed by atoms with E-state index < -0.39 is 0 Å². The SMILES string of the molecule is CC(=O)SCCC#Cc1ncc(F)cc1C. The van der Waals surface area contributed by atoms with Gasteiger partial charge in [0.05, 0.1) is 6.20 Å². The molecular weight excluding hydrogens is 225 g/mol. The van der Waals surface area contributed by atoms with Gasteiger partial charge >= 0.3 is 0 Å². The quantitative estimate of drug-likeness (QED) is 0.585. The Morgan fingerprint density at radius 3 is 3.00 bits per heavy atom. The van der Waals surface area contributed by atoms with E-state index in [9.17, 15) is 9.18 Å². The van der Waals surface area contributed by atoms with Crippen molar-refractivity contribution in [3.8, 4) is 11.8 Å². The lowest BCUT2D eigenvalue weighted by Crippen LogP contribution is -1.90. The summed E-state index contributed by atoms with van der Waals surface area (Å²) in [5.41, 5.74) is 1.32. The van der Waals surface area contributed by atoms with Crippen LogP contribution in [0.2, 0.25) is 0 Å². The van der Waals surface area contributed by atoms with Crippen LogP contribution < -0.4 is 0 Å². The number of carbonyl (C=O) groups excluding carboxylic acids is 1. The van der Waals surface area contributed by atoms with Crippen LogP contribution in [0.15, 0.2) is 12.3 Å². The summed E-state index contributed by atoms with van der Waals surface area (Å²) in [5, 5.41) is 0.0953. The van der Waals surface area contributed by atoms with Crippen molar-refractivity contribution in [2.45, 2.75) is 20.3 Å². The van der Waals surface area contributed by atoms with E-state index in [1.165, 1.54) is 24.8 Å². The van der Waals surface area contributed by atoms with Crippen molar-refractivity contribution in [3.05, 3.63) is 29.3 Å². The predicted octanol–water partition coefficient (Wildman–Crippen LogP) is 2.55. The van der Waals surface area contributed by atoms with Crippen LogP contribution in [0.4, 0.5) is 4.39 Å². The molecule has 0 aliphatic carbocycles. The summed E-state index contributed by atoms with van der Waals surface area (Å²) < 4.78 is 12.7. The van der Waals surface area contributed by atoms with Gasteiger partial charge in [-0.15, -0.1) is 0 Å². The average molecular weight is 237 g/mol. The lowest BCUT2D eigenvalue weighted by Gasteiger charge is -1.95. The molecule has 1 rings (SSSR count). The third-order valence-corrected chi connectivity index (χ3v) is 2.60. The molecule has 0 saturated heterocycles. The van der Waals surface area contributed by atoms with Crippen LogP contribution >= 0.6 is 11.8 Å². The van der Waals surface area contributed by atoms with Gasteiger partial charge in [0.25, 0.3) is 0 Å². The third kappa shape index (κ3) is 4.45. The molecule has 0 fully saturated rings. The van der Waals surface area contributed by atoms with Crippen molar-refractivity contribution in [2.75, 3.05) is 5.75 Å². The van der Waals surface area contributed by atoms with Gasteiger partial charge in [0.15, 0.2) is 5.12 Å². The second kappa shape index (κ2) is 6.29. The Bertz CT molecular complexity index is 448. The zero-order valence-corrected chi connectivity index (χ0v) is 10.0. The van der Waals surface area contributed by atoms with Crippen molar-refractivity contribution in [3.63, 3.8) is 0 Å². The molecule has 0 aliphatic rings. The Morgan fingerprint density at radius 2 is 2.38 bits per heavy atom. The van der Waals surface area contributed by atoms with Crippen molar-refractivity contribution < 1.29 is 9.18 Å². The molecule has 1 heterocycles. The molecule has 0 radical (unpaired) electrons. The molecule has 16 heavy (non-hydrogen) atoms. The number of carbonyl (C=O) groups is 1. The van der Waals surface area contributed by atoms with E-state index in [0.717, 1.165) is 11.8 Å². The van der Waals surface area contributed by atoms with Crippen LogP contribution in [0.25, 0.3) is 0 Å². The summed E-state index contributed by atoms with van der Waals surface area (Å²) in [7, 11) is 0. The van der Waals surface area contributed by atoms with Crippen molar-refractivity contribution in [2.24, 2.45) is 0 Å². The standard InChI is InChI=1S/C12H12FNOS/c1-9-7-11(13)8-14-12(9)5-3-4-6-16-10(2)15/h7-8H,4,6H2,1-2H3. The number of aryl methyl sites for hydroxylation is 1. The van der Waals surface area contributed by atoms with E-state index in [-0.39, 0.29) is 10.9 Å². The maximum atomic E-state index is 12.7. The fraction of sp³-hybridized carbons (Fsp3) is 0.333. The topological polar surface area (TPSA) is 30.0 Å². The van der Waals surface area contributed by atoms with Crippen LogP contribution in [0.1, 0.15) is 24.6 Å². The molecule has 0 aliphatic heterocycles. The van der Waals surface area contributed by atoms with E-state index in [1.54, 1.807) is 6.92 Å². The number of aromatic nitrogens is 1. The Morgan fingerprint density at radius 1 is 1.62 bits per heavy atom. The van der Waals surface area contributed by atoms with Crippen LogP contribution in [-0.4, -0.2) is 15.9 Å². The minimum Gasteiger partial charge on any atom is -0.288 e. The average Bonchev–Trinajstić information content (AvgIpc) is 2.20. The Labute approximate surface area is 98.7 Å². The summed E-state index contributed by atoms with van der Waals surface area (Å²) >= 11 is 1.25. The zero-order chi connectivity index (χ0) is 12.0. The van der Waals surface area contributed by atoms with E-state index in [1.807, 2.05) is 0 Å². The fourth-order valence-electron chi connectivity index (χ4n) is 1.06. The van der Waals surface area contributed by atoms with Gasteiger partial charge in [-0.3, -0.25) is 4.79 Å². The van der Waals surface area contributed by atoms with E-state index in [0.29, 0.717) is 17.9 Å². The molecule has 1 aromatic heterocycles. The summed E-state index contributed by atoms with van der Waals surface area (Å²) in [6.07, 6.45) is 1.78. The molecule has 2 nitrogen and oxygen atoms in total. The first kappa shape index (κ1) is 12.7. The molecule has 0 unspecified atom stereocenters. The smallest absolute Gasteiger partial charge is 0.185 e. The molecule has 0 amide bonds. The first-order valence-corrected chi connectivity index (χ1v) is 5.82. The number of halogens is 1. The van der Waals surface area contributed by atoms with Gasteiger partial charge in [0.1, 0.15) is 11.5 Å². The highest BCUT2D eigenvalue weighted by Gasteiger charge is 1.97. The highest BCUT2D eigenvalue weighted by Crippen LogP contribution is 2.05. The normalized spacial score (nSPS) is 9.44. The minimum absolute atomic E-state index is 0.0953. The van der Waals surface area contributed by atoms with Crippen LogP contribution in [0.3, 0.4) is 0 Å². The van der Waals surface area contributed by atoms with E-state index in [4.69, 9.17) is 0 Å². The van der Waals surface area contributed by atoms with Crippen LogP contribution in [-0.2, 0) is 4.79 Å². The highest BCUT2D eigenvalue weighted by molar-refractivity contribution is 8.13. The number of hydrogen-bond donors (Lipinski definition) is 0. The van der Waals surface area contributed by atoms with Crippen molar-refractivity contribution in [1.29, 1.82) is 0 Å². The first-order valence-electron chi connectivity index (χ1n) is 4.84. The number of rotatable bonds is 2. The van der Waals surface area contributed by atoms with E-state index >= 15 is 0 Å². The summed E-state index contributed by atoms with van der Waals surface area (Å²) in [6, 6.07) is 1.40. The Balaban J connectivity index is 2.53. The van der Waals surface area contributed by atoms with Gasteiger partial charge in [-0.1, -0.05) is 17.7 Å². The highest BCUT2D eigenvalue weighted by atomic mass is 32.2. The van der Waals surface area contributed by atoms with Crippen LogP contribution in [0, 0.1) is 24.6 Å². The molecule has 84 valence electrons. The summed E-state index contributed by atoms with van der Waals surface area (Å²) in [6.45, 7) is 3.30. The Kier molecular flexibility index (Phi) is 5.00. The summed E-state index contributed by atoms with van der Waals surface area (Å²) in [5.74, 6) is 6.10. The number of nitrogens with zero attached hydrogens (tertiary/aromatic N) is 1. The number of hydrogen-bond acceptors (Lipinski definition) is 3. The first-order chi connectivity index (χ1) is 7.59. The lowest BCUT2D eigenvalue weighted by molar-refractivity contribution is -0.109.